The lowest BCUT2D eigenvalue weighted by Gasteiger charge is -2.17. The van der Waals surface area contributed by atoms with Crippen LogP contribution in [-0.2, 0) is 9.59 Å². The number of benzene rings is 1. The Kier molecular flexibility index (Phi) is 4.24. The zero-order valence-electron chi connectivity index (χ0n) is 11.9. The van der Waals surface area contributed by atoms with Crippen molar-refractivity contribution in [3.05, 3.63) is 35.9 Å². The highest BCUT2D eigenvalue weighted by Crippen LogP contribution is 2.34. The number of amides is 2. The predicted molar refractivity (Wildman–Crippen MR) is 77.7 cm³/mol. The Morgan fingerprint density at radius 2 is 1.90 bits per heavy atom. The van der Waals surface area contributed by atoms with E-state index in [4.69, 9.17) is 6.42 Å². The largest absolute Gasteiger partial charge is 0.274 e. The number of terminal acetylenes is 1. The lowest BCUT2D eigenvalue weighted by Crippen LogP contribution is -2.31. The van der Waals surface area contributed by atoms with Gasteiger partial charge in [0.25, 0.3) is 0 Å². The summed E-state index contributed by atoms with van der Waals surface area (Å²) in [6.45, 7) is 3.99. The first-order chi connectivity index (χ1) is 9.56. The fraction of sp³-hybridized carbons (Fsp3) is 0.412. The van der Waals surface area contributed by atoms with Crippen molar-refractivity contribution in [1.82, 2.24) is 4.90 Å². The summed E-state index contributed by atoms with van der Waals surface area (Å²) in [5.41, 5.74) is 1.19. The summed E-state index contributed by atoms with van der Waals surface area (Å²) in [5, 5.41) is 0. The summed E-state index contributed by atoms with van der Waals surface area (Å²) >= 11 is 0. The number of likely N-dealkylation sites (tertiary alicyclic amines) is 1. The summed E-state index contributed by atoms with van der Waals surface area (Å²) in [5.74, 6) is 1.83. The third-order valence-corrected chi connectivity index (χ3v) is 4.07. The van der Waals surface area contributed by atoms with E-state index in [2.05, 4.69) is 25.0 Å². The van der Waals surface area contributed by atoms with Crippen molar-refractivity contribution >= 4 is 11.8 Å². The van der Waals surface area contributed by atoms with E-state index in [0.29, 0.717) is 6.42 Å². The van der Waals surface area contributed by atoms with Crippen LogP contribution in [0, 0.1) is 24.2 Å². The van der Waals surface area contributed by atoms with Crippen molar-refractivity contribution in [2.45, 2.75) is 26.2 Å². The first kappa shape index (κ1) is 14.3. The van der Waals surface area contributed by atoms with Gasteiger partial charge in [-0.05, 0) is 17.9 Å². The Balaban J connectivity index is 2.12. The molecule has 1 aromatic rings. The standard InChI is InChI=1S/C17H19NO2/c1-4-10-18-16(19)13(3)15(17(18)20)11-12(2)14-8-6-5-7-9-14/h1,5-9,12-13,15H,10-11H2,2-3H3. The number of hydrogen-bond donors (Lipinski definition) is 0. The van der Waals surface area contributed by atoms with Gasteiger partial charge in [-0.3, -0.25) is 14.5 Å². The van der Waals surface area contributed by atoms with Crippen LogP contribution in [-0.4, -0.2) is 23.3 Å². The van der Waals surface area contributed by atoms with E-state index in [9.17, 15) is 9.59 Å². The van der Waals surface area contributed by atoms with Crippen LogP contribution in [0.3, 0.4) is 0 Å². The van der Waals surface area contributed by atoms with Gasteiger partial charge in [0.2, 0.25) is 11.8 Å². The molecule has 3 heteroatoms. The minimum Gasteiger partial charge on any atom is -0.274 e. The van der Waals surface area contributed by atoms with Crippen LogP contribution < -0.4 is 0 Å². The molecule has 1 aliphatic heterocycles. The lowest BCUT2D eigenvalue weighted by atomic mass is 9.85. The number of carbonyl (C=O) groups excluding carboxylic acids is 2. The van der Waals surface area contributed by atoms with Gasteiger partial charge in [-0.15, -0.1) is 6.42 Å². The highest BCUT2D eigenvalue weighted by Gasteiger charge is 2.44. The van der Waals surface area contributed by atoms with Gasteiger partial charge in [-0.2, -0.15) is 0 Å². The maximum atomic E-state index is 12.3. The van der Waals surface area contributed by atoms with E-state index < -0.39 is 0 Å². The summed E-state index contributed by atoms with van der Waals surface area (Å²) in [7, 11) is 0. The van der Waals surface area contributed by atoms with Crippen LogP contribution in [0.1, 0.15) is 31.7 Å². The molecule has 3 atom stereocenters. The van der Waals surface area contributed by atoms with Gasteiger partial charge in [0, 0.05) is 5.92 Å². The molecule has 0 spiro atoms. The van der Waals surface area contributed by atoms with Crippen LogP contribution in [0.4, 0.5) is 0 Å². The molecule has 0 radical (unpaired) electrons. The van der Waals surface area contributed by atoms with Gasteiger partial charge in [0.15, 0.2) is 0 Å². The van der Waals surface area contributed by atoms with Crippen LogP contribution in [0.5, 0.6) is 0 Å². The summed E-state index contributed by atoms with van der Waals surface area (Å²) in [4.78, 5) is 25.6. The molecule has 1 aliphatic rings. The van der Waals surface area contributed by atoms with E-state index in [0.717, 1.165) is 0 Å². The van der Waals surface area contributed by atoms with E-state index in [1.165, 1.54) is 10.5 Å². The number of nitrogens with zero attached hydrogens (tertiary/aromatic N) is 1. The van der Waals surface area contributed by atoms with Crippen LogP contribution in [0.25, 0.3) is 0 Å². The first-order valence-corrected chi connectivity index (χ1v) is 6.90. The molecular weight excluding hydrogens is 250 g/mol. The maximum Gasteiger partial charge on any atom is 0.233 e. The van der Waals surface area contributed by atoms with E-state index in [-0.39, 0.29) is 36.1 Å². The molecule has 0 N–H and O–H groups in total. The fourth-order valence-electron chi connectivity index (χ4n) is 2.79. The Bertz CT molecular complexity index is 544. The second-order valence-corrected chi connectivity index (χ2v) is 5.41. The monoisotopic (exact) mass is 269 g/mol. The SMILES string of the molecule is C#CCN1C(=O)C(C)C(CC(C)c2ccccc2)C1=O. The number of imide groups is 1. The summed E-state index contributed by atoms with van der Waals surface area (Å²) in [6.07, 6.45) is 5.90. The minimum atomic E-state index is -0.276. The highest BCUT2D eigenvalue weighted by atomic mass is 16.2. The maximum absolute atomic E-state index is 12.3. The van der Waals surface area contributed by atoms with Crippen molar-refractivity contribution in [3.63, 3.8) is 0 Å². The average molecular weight is 269 g/mol. The van der Waals surface area contributed by atoms with Crippen molar-refractivity contribution in [3.8, 4) is 12.3 Å². The van der Waals surface area contributed by atoms with Gasteiger partial charge in [0.1, 0.15) is 0 Å². The minimum absolute atomic E-state index is 0.0816. The number of hydrogen-bond acceptors (Lipinski definition) is 2. The summed E-state index contributed by atoms with van der Waals surface area (Å²) < 4.78 is 0. The van der Waals surface area contributed by atoms with Gasteiger partial charge in [0.05, 0.1) is 12.5 Å². The van der Waals surface area contributed by atoms with E-state index in [1.54, 1.807) is 0 Å². The molecule has 0 saturated carbocycles. The molecule has 20 heavy (non-hydrogen) atoms. The molecule has 104 valence electrons. The second kappa shape index (κ2) is 5.92. The van der Waals surface area contributed by atoms with Gasteiger partial charge < -0.3 is 0 Å². The topological polar surface area (TPSA) is 37.4 Å². The first-order valence-electron chi connectivity index (χ1n) is 6.90. The predicted octanol–water partition coefficient (Wildman–Crippen LogP) is 2.43. The quantitative estimate of drug-likeness (QED) is 0.622. The van der Waals surface area contributed by atoms with Crippen molar-refractivity contribution < 1.29 is 9.59 Å². The van der Waals surface area contributed by atoms with E-state index >= 15 is 0 Å². The lowest BCUT2D eigenvalue weighted by molar-refractivity contribution is -0.139. The second-order valence-electron chi connectivity index (χ2n) is 5.41. The smallest absolute Gasteiger partial charge is 0.233 e. The van der Waals surface area contributed by atoms with Crippen molar-refractivity contribution in [2.24, 2.45) is 11.8 Å². The Hall–Kier alpha value is -2.08. The third kappa shape index (κ3) is 2.60. The Morgan fingerprint density at radius 3 is 2.50 bits per heavy atom. The molecule has 0 bridgehead atoms. The molecule has 1 heterocycles. The van der Waals surface area contributed by atoms with Crippen molar-refractivity contribution in [1.29, 1.82) is 0 Å². The molecule has 3 nitrogen and oxygen atoms in total. The van der Waals surface area contributed by atoms with Gasteiger partial charge >= 0.3 is 0 Å². The summed E-state index contributed by atoms with van der Waals surface area (Å²) in [6, 6.07) is 10.0. The molecule has 3 unspecified atom stereocenters. The Morgan fingerprint density at radius 1 is 1.25 bits per heavy atom. The zero-order valence-corrected chi connectivity index (χ0v) is 11.9. The average Bonchev–Trinajstić information content (AvgIpc) is 2.66. The number of carbonyl (C=O) groups is 2. The molecule has 0 aliphatic carbocycles. The normalized spacial score (nSPS) is 23.8. The molecular formula is C17H19NO2. The molecule has 1 fully saturated rings. The Labute approximate surface area is 120 Å². The number of rotatable bonds is 4. The fourth-order valence-corrected chi connectivity index (χ4v) is 2.79. The highest BCUT2D eigenvalue weighted by molar-refractivity contribution is 6.05. The van der Waals surface area contributed by atoms with Gasteiger partial charge in [-0.1, -0.05) is 50.1 Å². The molecule has 0 aromatic heterocycles. The van der Waals surface area contributed by atoms with Gasteiger partial charge in [-0.25, -0.2) is 0 Å². The third-order valence-electron chi connectivity index (χ3n) is 4.07. The van der Waals surface area contributed by atoms with Crippen molar-refractivity contribution in [2.75, 3.05) is 6.54 Å². The molecule has 1 saturated heterocycles. The van der Waals surface area contributed by atoms with Crippen LogP contribution >= 0.6 is 0 Å². The van der Waals surface area contributed by atoms with Crippen LogP contribution in [0.2, 0.25) is 0 Å². The molecule has 2 amide bonds. The van der Waals surface area contributed by atoms with Crippen LogP contribution in [0.15, 0.2) is 30.3 Å². The van der Waals surface area contributed by atoms with E-state index in [1.807, 2.05) is 25.1 Å². The zero-order chi connectivity index (χ0) is 14.7. The molecule has 1 aromatic carbocycles. The molecule has 2 rings (SSSR count).